The van der Waals surface area contributed by atoms with Gasteiger partial charge in [0.25, 0.3) is 0 Å². The zero-order chi connectivity index (χ0) is 15.0. The Morgan fingerprint density at radius 2 is 2.15 bits per heavy atom. The molecule has 0 aliphatic carbocycles. The molecular formula is C16H25NO2S. The highest BCUT2D eigenvalue weighted by Gasteiger charge is 2.09. The second kappa shape index (κ2) is 9.03. The molecule has 1 amide bonds. The van der Waals surface area contributed by atoms with Crippen molar-refractivity contribution in [1.82, 2.24) is 5.32 Å². The fourth-order valence-corrected chi connectivity index (χ4v) is 2.78. The lowest BCUT2D eigenvalue weighted by atomic mass is 10.1. The molecule has 0 aliphatic heterocycles. The number of thioether (sulfide) groups is 1. The van der Waals surface area contributed by atoms with Gasteiger partial charge < -0.3 is 10.4 Å². The fourth-order valence-electron chi connectivity index (χ4n) is 1.97. The van der Waals surface area contributed by atoms with E-state index in [-0.39, 0.29) is 5.91 Å². The van der Waals surface area contributed by atoms with E-state index in [1.807, 2.05) is 6.07 Å². The molecule has 0 fully saturated rings. The molecular weight excluding hydrogens is 270 g/mol. The number of benzene rings is 1. The van der Waals surface area contributed by atoms with Crippen LogP contribution in [0.5, 0.6) is 0 Å². The SMILES string of the molecule is Cc1cccc(CSCC(=O)NCC(O)CC(C)C)c1. The highest BCUT2D eigenvalue weighted by Crippen LogP contribution is 2.13. The first-order valence-corrected chi connectivity index (χ1v) is 8.21. The summed E-state index contributed by atoms with van der Waals surface area (Å²) in [6, 6.07) is 8.31. The van der Waals surface area contributed by atoms with E-state index >= 15 is 0 Å². The molecule has 0 heterocycles. The van der Waals surface area contributed by atoms with E-state index in [0.717, 1.165) is 12.2 Å². The number of carbonyl (C=O) groups excluding carboxylic acids is 1. The van der Waals surface area contributed by atoms with Crippen molar-refractivity contribution in [2.45, 2.75) is 39.0 Å². The molecule has 0 saturated carbocycles. The van der Waals surface area contributed by atoms with Gasteiger partial charge in [-0.3, -0.25) is 4.79 Å². The third kappa shape index (κ3) is 7.56. The molecule has 0 radical (unpaired) electrons. The molecule has 0 saturated heterocycles. The van der Waals surface area contributed by atoms with Gasteiger partial charge in [0.1, 0.15) is 0 Å². The Hall–Kier alpha value is -1.00. The second-order valence-corrected chi connectivity index (χ2v) is 6.55. The number of hydrogen-bond donors (Lipinski definition) is 2. The summed E-state index contributed by atoms with van der Waals surface area (Å²) in [5, 5.41) is 12.5. The van der Waals surface area contributed by atoms with Crippen LogP contribution < -0.4 is 5.32 Å². The molecule has 1 atom stereocenters. The van der Waals surface area contributed by atoms with Crippen molar-refractivity contribution in [3.63, 3.8) is 0 Å². The average molecular weight is 295 g/mol. The summed E-state index contributed by atoms with van der Waals surface area (Å²) in [7, 11) is 0. The Morgan fingerprint density at radius 1 is 1.40 bits per heavy atom. The van der Waals surface area contributed by atoms with Gasteiger partial charge in [0, 0.05) is 12.3 Å². The Balaban J connectivity index is 2.17. The Morgan fingerprint density at radius 3 is 2.80 bits per heavy atom. The Bertz CT molecular complexity index is 421. The van der Waals surface area contributed by atoms with Crippen LogP contribution in [0.2, 0.25) is 0 Å². The monoisotopic (exact) mass is 295 g/mol. The number of carbonyl (C=O) groups is 1. The summed E-state index contributed by atoms with van der Waals surface area (Å²) in [6.07, 6.45) is 0.275. The molecule has 2 N–H and O–H groups in total. The third-order valence-corrected chi connectivity index (χ3v) is 3.87. The molecule has 20 heavy (non-hydrogen) atoms. The van der Waals surface area contributed by atoms with Crippen molar-refractivity contribution < 1.29 is 9.90 Å². The lowest BCUT2D eigenvalue weighted by Crippen LogP contribution is -2.33. The van der Waals surface area contributed by atoms with Gasteiger partial charge in [-0.15, -0.1) is 11.8 Å². The predicted octanol–water partition coefficient (Wildman–Crippen LogP) is 2.75. The lowest BCUT2D eigenvalue weighted by molar-refractivity contribution is -0.119. The number of rotatable bonds is 8. The lowest BCUT2D eigenvalue weighted by Gasteiger charge is -2.13. The summed E-state index contributed by atoms with van der Waals surface area (Å²) in [4.78, 5) is 11.6. The van der Waals surface area contributed by atoms with Gasteiger partial charge in [0.05, 0.1) is 11.9 Å². The molecule has 1 aromatic carbocycles. The van der Waals surface area contributed by atoms with Crippen LogP contribution in [-0.2, 0) is 10.5 Å². The maximum Gasteiger partial charge on any atom is 0.230 e. The Labute approximate surface area is 126 Å². The topological polar surface area (TPSA) is 49.3 Å². The normalized spacial score (nSPS) is 12.4. The van der Waals surface area contributed by atoms with Gasteiger partial charge in [0.15, 0.2) is 0 Å². The number of aryl methyl sites for hydroxylation is 1. The Kier molecular flexibility index (Phi) is 7.70. The predicted molar refractivity (Wildman–Crippen MR) is 85.8 cm³/mol. The van der Waals surface area contributed by atoms with E-state index in [9.17, 15) is 9.90 Å². The summed E-state index contributed by atoms with van der Waals surface area (Å²) in [6.45, 7) is 6.53. The van der Waals surface area contributed by atoms with Gasteiger partial charge in [-0.05, 0) is 24.8 Å². The number of amides is 1. The molecule has 112 valence electrons. The van der Waals surface area contributed by atoms with E-state index in [0.29, 0.717) is 18.2 Å². The molecule has 0 aromatic heterocycles. The molecule has 3 nitrogen and oxygen atoms in total. The zero-order valence-electron chi connectivity index (χ0n) is 12.6. The average Bonchev–Trinajstić information content (AvgIpc) is 2.36. The highest BCUT2D eigenvalue weighted by molar-refractivity contribution is 7.99. The summed E-state index contributed by atoms with van der Waals surface area (Å²) in [5.74, 6) is 1.70. The zero-order valence-corrected chi connectivity index (χ0v) is 13.4. The standard InChI is InChI=1S/C16H25NO2S/c1-12(2)7-15(18)9-17-16(19)11-20-10-14-6-4-5-13(3)8-14/h4-6,8,12,15,18H,7,9-11H2,1-3H3,(H,17,19). The number of hydrogen-bond acceptors (Lipinski definition) is 3. The first-order valence-electron chi connectivity index (χ1n) is 7.05. The molecule has 1 aromatic rings. The first-order chi connectivity index (χ1) is 9.47. The van der Waals surface area contributed by atoms with Crippen molar-refractivity contribution >= 4 is 17.7 Å². The maximum absolute atomic E-state index is 11.6. The number of aliphatic hydroxyl groups excluding tert-OH is 1. The van der Waals surface area contributed by atoms with Crippen LogP contribution in [0.1, 0.15) is 31.4 Å². The van der Waals surface area contributed by atoms with E-state index in [2.05, 4.69) is 44.3 Å². The van der Waals surface area contributed by atoms with Crippen molar-refractivity contribution in [2.75, 3.05) is 12.3 Å². The van der Waals surface area contributed by atoms with Crippen LogP contribution in [0, 0.1) is 12.8 Å². The summed E-state index contributed by atoms with van der Waals surface area (Å²) >= 11 is 1.60. The third-order valence-electron chi connectivity index (χ3n) is 2.86. The van der Waals surface area contributed by atoms with E-state index in [1.54, 1.807) is 11.8 Å². The van der Waals surface area contributed by atoms with Crippen molar-refractivity contribution in [1.29, 1.82) is 0 Å². The molecule has 1 unspecified atom stereocenters. The minimum atomic E-state index is -0.444. The fraction of sp³-hybridized carbons (Fsp3) is 0.562. The van der Waals surface area contributed by atoms with Gasteiger partial charge in [-0.1, -0.05) is 43.7 Å². The van der Waals surface area contributed by atoms with Crippen LogP contribution in [0.25, 0.3) is 0 Å². The van der Waals surface area contributed by atoms with Crippen molar-refractivity contribution in [3.8, 4) is 0 Å². The number of aliphatic hydroxyl groups is 1. The van der Waals surface area contributed by atoms with Gasteiger partial charge in [-0.2, -0.15) is 0 Å². The van der Waals surface area contributed by atoms with Crippen LogP contribution in [0.4, 0.5) is 0 Å². The highest BCUT2D eigenvalue weighted by atomic mass is 32.2. The largest absolute Gasteiger partial charge is 0.391 e. The maximum atomic E-state index is 11.6. The van der Waals surface area contributed by atoms with Crippen LogP contribution >= 0.6 is 11.8 Å². The van der Waals surface area contributed by atoms with Crippen LogP contribution in [0.15, 0.2) is 24.3 Å². The molecule has 0 aliphatic rings. The smallest absolute Gasteiger partial charge is 0.230 e. The summed E-state index contributed by atoms with van der Waals surface area (Å²) in [5.41, 5.74) is 2.48. The van der Waals surface area contributed by atoms with Gasteiger partial charge in [0.2, 0.25) is 5.91 Å². The van der Waals surface area contributed by atoms with Gasteiger partial charge >= 0.3 is 0 Å². The van der Waals surface area contributed by atoms with E-state index in [1.165, 1.54) is 11.1 Å². The van der Waals surface area contributed by atoms with E-state index < -0.39 is 6.10 Å². The van der Waals surface area contributed by atoms with Crippen molar-refractivity contribution in [3.05, 3.63) is 35.4 Å². The minimum Gasteiger partial charge on any atom is -0.391 e. The van der Waals surface area contributed by atoms with E-state index in [4.69, 9.17) is 0 Å². The molecule has 1 rings (SSSR count). The summed E-state index contributed by atoms with van der Waals surface area (Å²) < 4.78 is 0. The first kappa shape index (κ1) is 17.1. The van der Waals surface area contributed by atoms with Crippen LogP contribution in [-0.4, -0.2) is 29.4 Å². The second-order valence-electron chi connectivity index (χ2n) is 5.57. The molecule has 0 bridgehead atoms. The van der Waals surface area contributed by atoms with Crippen LogP contribution in [0.3, 0.4) is 0 Å². The molecule has 0 spiro atoms. The minimum absolute atomic E-state index is 0.00883. The quantitative estimate of drug-likeness (QED) is 0.775. The number of nitrogens with one attached hydrogen (secondary N) is 1. The molecule has 4 heteroatoms. The van der Waals surface area contributed by atoms with Crippen molar-refractivity contribution in [2.24, 2.45) is 5.92 Å². The van der Waals surface area contributed by atoms with Gasteiger partial charge in [-0.25, -0.2) is 0 Å².